The summed E-state index contributed by atoms with van der Waals surface area (Å²) >= 11 is 1.55. The van der Waals surface area contributed by atoms with Gasteiger partial charge >= 0.3 is 0 Å². The summed E-state index contributed by atoms with van der Waals surface area (Å²) in [5.41, 5.74) is 6.80. The lowest BCUT2D eigenvalue weighted by Gasteiger charge is -2.31. The van der Waals surface area contributed by atoms with Gasteiger partial charge in [-0.3, -0.25) is 0 Å². The minimum atomic E-state index is -2.87. The second-order valence-electron chi connectivity index (χ2n) is 5.04. The third-order valence-electron chi connectivity index (χ3n) is 3.26. The van der Waals surface area contributed by atoms with Gasteiger partial charge in [0.15, 0.2) is 0 Å². The van der Waals surface area contributed by atoms with Gasteiger partial charge < -0.3 is 5.73 Å². The molecule has 2 rings (SSSR count). The number of hydrogen-bond donors (Lipinski definition) is 1. The molecule has 2 N–H and O–H groups in total. The molecule has 6 heteroatoms. The minimum absolute atomic E-state index is 0.181. The molecule has 1 aromatic heterocycles. The number of hydrogen-bond acceptors (Lipinski definition) is 5. The van der Waals surface area contributed by atoms with Crippen LogP contribution in [-0.4, -0.2) is 24.9 Å². The van der Waals surface area contributed by atoms with E-state index in [-0.39, 0.29) is 11.5 Å². The van der Waals surface area contributed by atoms with E-state index in [0.29, 0.717) is 18.8 Å². The molecule has 0 bridgehead atoms. The van der Waals surface area contributed by atoms with Crippen molar-refractivity contribution in [2.24, 2.45) is 5.73 Å². The standard InChI is InChI=1S/C11H18N2O2S2/c1-8(2)9-7-16-10(13-9)11(12)3-5-17(14,15)6-4-11/h7-8H,3-6,12H2,1-2H3. The van der Waals surface area contributed by atoms with Crippen LogP contribution in [-0.2, 0) is 15.4 Å². The molecule has 1 aliphatic heterocycles. The van der Waals surface area contributed by atoms with Crippen molar-refractivity contribution in [3.63, 3.8) is 0 Å². The monoisotopic (exact) mass is 274 g/mol. The molecule has 17 heavy (non-hydrogen) atoms. The van der Waals surface area contributed by atoms with Gasteiger partial charge in [-0.1, -0.05) is 13.8 Å². The van der Waals surface area contributed by atoms with Crippen molar-refractivity contribution in [3.8, 4) is 0 Å². The van der Waals surface area contributed by atoms with Crippen LogP contribution in [0.5, 0.6) is 0 Å². The molecule has 1 saturated heterocycles. The van der Waals surface area contributed by atoms with Gasteiger partial charge in [-0.25, -0.2) is 13.4 Å². The zero-order valence-corrected chi connectivity index (χ0v) is 11.8. The Labute approximate surface area is 106 Å². The topological polar surface area (TPSA) is 73.1 Å². The van der Waals surface area contributed by atoms with Crippen molar-refractivity contribution in [1.29, 1.82) is 0 Å². The predicted molar refractivity (Wildman–Crippen MR) is 70.0 cm³/mol. The summed E-state index contributed by atoms with van der Waals surface area (Å²) in [7, 11) is -2.87. The zero-order chi connectivity index (χ0) is 12.7. The Morgan fingerprint density at radius 2 is 2.00 bits per heavy atom. The van der Waals surface area contributed by atoms with Crippen LogP contribution in [0.15, 0.2) is 5.38 Å². The average Bonchev–Trinajstić information content (AvgIpc) is 2.73. The molecule has 0 saturated carbocycles. The number of rotatable bonds is 2. The number of aromatic nitrogens is 1. The Morgan fingerprint density at radius 1 is 1.41 bits per heavy atom. The summed E-state index contributed by atoms with van der Waals surface area (Å²) in [6, 6.07) is 0. The summed E-state index contributed by atoms with van der Waals surface area (Å²) in [4.78, 5) is 4.55. The van der Waals surface area contributed by atoms with E-state index in [2.05, 4.69) is 18.8 Å². The summed E-state index contributed by atoms with van der Waals surface area (Å²) in [6.45, 7) is 4.18. The molecule has 0 aliphatic carbocycles. The Balaban J connectivity index is 2.21. The Hall–Kier alpha value is -0.460. The van der Waals surface area contributed by atoms with Crippen LogP contribution in [0, 0.1) is 0 Å². The molecular formula is C11H18N2O2S2. The largest absolute Gasteiger partial charge is 0.319 e. The molecule has 1 aromatic rings. The first-order chi connectivity index (χ1) is 7.82. The predicted octanol–water partition coefficient (Wildman–Crippen LogP) is 1.63. The Kier molecular flexibility index (Phi) is 3.31. The van der Waals surface area contributed by atoms with Crippen molar-refractivity contribution < 1.29 is 8.42 Å². The zero-order valence-electron chi connectivity index (χ0n) is 10.1. The molecule has 0 radical (unpaired) electrons. The van der Waals surface area contributed by atoms with Crippen molar-refractivity contribution in [1.82, 2.24) is 4.98 Å². The van der Waals surface area contributed by atoms with Gasteiger partial charge in [0.2, 0.25) is 0 Å². The maximum atomic E-state index is 11.4. The lowest BCUT2D eigenvalue weighted by Crippen LogP contribution is -2.44. The highest BCUT2D eigenvalue weighted by Crippen LogP contribution is 2.34. The van der Waals surface area contributed by atoms with Crippen molar-refractivity contribution >= 4 is 21.2 Å². The minimum Gasteiger partial charge on any atom is -0.319 e. The molecule has 2 heterocycles. The third-order valence-corrected chi connectivity index (χ3v) is 5.99. The van der Waals surface area contributed by atoms with Gasteiger partial charge in [0, 0.05) is 5.38 Å². The molecule has 4 nitrogen and oxygen atoms in total. The highest BCUT2D eigenvalue weighted by Gasteiger charge is 2.37. The van der Waals surface area contributed by atoms with Crippen molar-refractivity contribution in [3.05, 3.63) is 16.1 Å². The van der Waals surface area contributed by atoms with Crippen LogP contribution in [0.25, 0.3) is 0 Å². The Bertz CT molecular complexity index is 491. The molecule has 96 valence electrons. The van der Waals surface area contributed by atoms with E-state index >= 15 is 0 Å². The average molecular weight is 274 g/mol. The smallest absolute Gasteiger partial charge is 0.150 e. The second-order valence-corrected chi connectivity index (χ2v) is 8.20. The van der Waals surface area contributed by atoms with Crippen LogP contribution in [0.4, 0.5) is 0 Å². The highest BCUT2D eigenvalue weighted by molar-refractivity contribution is 7.91. The van der Waals surface area contributed by atoms with Crippen molar-refractivity contribution in [2.45, 2.75) is 38.1 Å². The van der Waals surface area contributed by atoms with Crippen molar-refractivity contribution in [2.75, 3.05) is 11.5 Å². The van der Waals surface area contributed by atoms with E-state index in [0.717, 1.165) is 10.7 Å². The van der Waals surface area contributed by atoms with Crippen LogP contribution in [0.3, 0.4) is 0 Å². The van der Waals surface area contributed by atoms with Crippen LogP contribution < -0.4 is 5.73 Å². The highest BCUT2D eigenvalue weighted by atomic mass is 32.2. The second kappa shape index (κ2) is 4.33. The van der Waals surface area contributed by atoms with Gasteiger partial charge in [-0.05, 0) is 18.8 Å². The summed E-state index contributed by atoms with van der Waals surface area (Å²) < 4.78 is 22.8. The molecule has 0 amide bonds. The third kappa shape index (κ3) is 2.69. The summed E-state index contributed by atoms with van der Waals surface area (Å²) in [5, 5.41) is 2.91. The van der Waals surface area contributed by atoms with E-state index in [9.17, 15) is 8.42 Å². The maximum absolute atomic E-state index is 11.4. The fourth-order valence-electron chi connectivity index (χ4n) is 1.90. The summed E-state index contributed by atoms with van der Waals surface area (Å²) in [6.07, 6.45) is 0.973. The number of nitrogens with two attached hydrogens (primary N) is 1. The normalized spacial score (nSPS) is 22.8. The van der Waals surface area contributed by atoms with Gasteiger partial charge in [0.05, 0.1) is 22.7 Å². The Morgan fingerprint density at radius 3 is 2.47 bits per heavy atom. The first-order valence-electron chi connectivity index (χ1n) is 5.78. The number of sulfone groups is 1. The molecule has 1 aliphatic rings. The molecule has 0 aromatic carbocycles. The fourth-order valence-corrected chi connectivity index (χ4v) is 4.61. The van der Waals surface area contributed by atoms with Crippen LogP contribution >= 0.6 is 11.3 Å². The lowest BCUT2D eigenvalue weighted by atomic mass is 9.94. The molecule has 0 spiro atoms. The number of nitrogens with zero attached hydrogens (tertiary/aromatic N) is 1. The van der Waals surface area contributed by atoms with Gasteiger partial charge in [0.25, 0.3) is 0 Å². The first kappa shape index (κ1) is 13.0. The SMILES string of the molecule is CC(C)c1csc(C2(N)CCS(=O)(=O)CC2)n1. The molecular weight excluding hydrogens is 256 g/mol. The number of thiazole rings is 1. The molecule has 0 atom stereocenters. The summed E-state index contributed by atoms with van der Waals surface area (Å²) in [5.74, 6) is 0.746. The quantitative estimate of drug-likeness (QED) is 0.889. The van der Waals surface area contributed by atoms with E-state index in [1.807, 2.05) is 5.38 Å². The lowest BCUT2D eigenvalue weighted by molar-refractivity contribution is 0.393. The van der Waals surface area contributed by atoms with Crippen LogP contribution in [0.1, 0.15) is 43.3 Å². The molecule has 1 fully saturated rings. The van der Waals surface area contributed by atoms with E-state index in [1.165, 1.54) is 0 Å². The van der Waals surface area contributed by atoms with Gasteiger partial charge in [0.1, 0.15) is 14.8 Å². The fraction of sp³-hybridized carbons (Fsp3) is 0.727. The van der Waals surface area contributed by atoms with E-state index in [1.54, 1.807) is 11.3 Å². The van der Waals surface area contributed by atoms with Crippen LogP contribution in [0.2, 0.25) is 0 Å². The first-order valence-corrected chi connectivity index (χ1v) is 8.48. The van der Waals surface area contributed by atoms with Gasteiger partial charge in [-0.2, -0.15) is 0 Å². The van der Waals surface area contributed by atoms with E-state index < -0.39 is 15.4 Å². The molecule has 0 unspecified atom stereocenters. The van der Waals surface area contributed by atoms with Gasteiger partial charge in [-0.15, -0.1) is 11.3 Å². The maximum Gasteiger partial charge on any atom is 0.150 e. The van der Waals surface area contributed by atoms with E-state index in [4.69, 9.17) is 5.73 Å².